The predicted molar refractivity (Wildman–Crippen MR) is 267 cm³/mol. The van der Waals surface area contributed by atoms with Gasteiger partial charge in [0.25, 0.3) is 0 Å². The topological polar surface area (TPSA) is 292 Å². The molecule has 0 heterocycles. The third-order valence-corrected chi connectivity index (χ3v) is 10.2. The van der Waals surface area contributed by atoms with Crippen LogP contribution in [0.3, 0.4) is 0 Å². The maximum atomic E-state index is 14.5. The molecule has 0 radical (unpaired) electrons. The molecule has 21 heteroatoms. The van der Waals surface area contributed by atoms with Crippen LogP contribution < -0.4 is 31.9 Å². The average Bonchev–Trinajstić information content (AvgIpc) is 3.23. The van der Waals surface area contributed by atoms with Gasteiger partial charge in [-0.25, -0.2) is 14.4 Å². The fraction of sp³-hybridized carbons (Fsp3) is 0.706. The van der Waals surface area contributed by atoms with Crippen LogP contribution in [-0.2, 0) is 63.9 Å². The second-order valence-electron chi connectivity index (χ2n) is 21.7. The third kappa shape index (κ3) is 28.2. The number of aliphatic carboxylic acids is 1. The van der Waals surface area contributed by atoms with Crippen LogP contribution in [0, 0.1) is 5.92 Å². The quantitative estimate of drug-likeness (QED) is 0.0326. The summed E-state index contributed by atoms with van der Waals surface area (Å²) in [7, 11) is 0. The highest BCUT2D eigenvalue weighted by Gasteiger charge is 2.38. The molecule has 408 valence electrons. The molecule has 21 nitrogen and oxygen atoms in total. The van der Waals surface area contributed by atoms with E-state index < -0.39 is 118 Å². The van der Waals surface area contributed by atoms with Gasteiger partial charge in [-0.05, 0) is 134 Å². The van der Waals surface area contributed by atoms with Crippen LogP contribution in [0.1, 0.15) is 161 Å². The number of amides is 6. The standard InChI is InChI=1S/C51H84N6O15/c1-16-31(2)39(43(62)54-36(45(64)65)26-28-38(59)71-50(10,11)12)56-44(63)40(32(3)69-48(4,5)6)57-42(61)35(25-27-37(58)70-49(7,8)9)53-41(60)34(24-20-21-29-52-46(66)72-51(13,14)15)55-47(67)68-30-33-22-18-17-19-23-33/h17-19,22-23,31-32,34-36,39-40H,16,20-21,24-30H2,1-15H3,(H,52,66)(H,53,60)(H,54,62)(H,55,67)(H,56,63)(H,57,61)(H,64,65)/t31-,32+,34-,35-,36-,39-,40-/m0/s1. The molecule has 7 atom stereocenters. The molecule has 7 N–H and O–H groups in total. The van der Waals surface area contributed by atoms with Gasteiger partial charge in [0.1, 0.15) is 53.6 Å². The van der Waals surface area contributed by atoms with Crippen molar-refractivity contribution in [1.82, 2.24) is 31.9 Å². The summed E-state index contributed by atoms with van der Waals surface area (Å²) in [5.74, 6) is -6.92. The number of esters is 2. The zero-order valence-electron chi connectivity index (χ0n) is 45.2. The van der Waals surface area contributed by atoms with Gasteiger partial charge in [0, 0.05) is 19.4 Å². The van der Waals surface area contributed by atoms with Crippen molar-refractivity contribution in [3.05, 3.63) is 35.9 Å². The first kappa shape index (κ1) is 64.0. The van der Waals surface area contributed by atoms with Crippen molar-refractivity contribution in [2.75, 3.05) is 6.54 Å². The molecule has 6 amide bonds. The number of hydrogen-bond donors (Lipinski definition) is 7. The second kappa shape index (κ2) is 29.5. The van der Waals surface area contributed by atoms with E-state index in [4.69, 9.17) is 23.7 Å². The Labute approximate surface area is 425 Å². The lowest BCUT2D eigenvalue weighted by atomic mass is 9.96. The van der Waals surface area contributed by atoms with Crippen LogP contribution in [0.25, 0.3) is 0 Å². The van der Waals surface area contributed by atoms with Crippen molar-refractivity contribution < 1.29 is 71.9 Å². The molecule has 0 saturated heterocycles. The molecule has 0 aromatic heterocycles. The predicted octanol–water partition coefficient (Wildman–Crippen LogP) is 5.49. The largest absolute Gasteiger partial charge is 0.480 e. The molecule has 72 heavy (non-hydrogen) atoms. The van der Waals surface area contributed by atoms with Crippen molar-refractivity contribution in [1.29, 1.82) is 0 Å². The maximum Gasteiger partial charge on any atom is 0.408 e. The molecule has 0 aliphatic heterocycles. The van der Waals surface area contributed by atoms with E-state index in [1.807, 2.05) is 0 Å². The smallest absolute Gasteiger partial charge is 0.408 e. The van der Waals surface area contributed by atoms with E-state index in [2.05, 4.69) is 31.9 Å². The number of alkyl carbamates (subject to hydrolysis) is 2. The number of ether oxygens (including phenoxy) is 5. The fourth-order valence-electron chi connectivity index (χ4n) is 6.74. The minimum Gasteiger partial charge on any atom is -0.480 e. The van der Waals surface area contributed by atoms with Gasteiger partial charge in [-0.15, -0.1) is 0 Å². The minimum atomic E-state index is -1.56. The van der Waals surface area contributed by atoms with E-state index in [-0.39, 0.29) is 51.7 Å². The van der Waals surface area contributed by atoms with Crippen LogP contribution in [0.5, 0.6) is 0 Å². The summed E-state index contributed by atoms with van der Waals surface area (Å²) in [5, 5.41) is 25.6. The minimum absolute atomic E-state index is 0.00691. The lowest BCUT2D eigenvalue weighted by molar-refractivity contribution is -0.156. The Balaban J connectivity index is 3.59. The first-order chi connectivity index (χ1) is 33.1. The monoisotopic (exact) mass is 1020 g/mol. The van der Waals surface area contributed by atoms with E-state index in [1.165, 1.54) is 6.92 Å². The van der Waals surface area contributed by atoms with Gasteiger partial charge in [0.2, 0.25) is 23.6 Å². The van der Waals surface area contributed by atoms with E-state index in [0.29, 0.717) is 18.4 Å². The van der Waals surface area contributed by atoms with E-state index in [9.17, 15) is 48.3 Å². The highest BCUT2D eigenvalue weighted by molar-refractivity contribution is 5.96. The van der Waals surface area contributed by atoms with Crippen molar-refractivity contribution in [3.8, 4) is 0 Å². The summed E-state index contributed by atoms with van der Waals surface area (Å²) in [5.41, 5.74) is -2.63. The third-order valence-electron chi connectivity index (χ3n) is 10.2. The van der Waals surface area contributed by atoms with Gasteiger partial charge in [0.05, 0.1) is 11.7 Å². The van der Waals surface area contributed by atoms with Gasteiger partial charge in [-0.3, -0.25) is 28.8 Å². The Morgan fingerprint density at radius 1 is 0.542 bits per heavy atom. The molecular weight excluding hydrogens is 937 g/mol. The molecule has 0 fully saturated rings. The Hall–Kier alpha value is -5.99. The van der Waals surface area contributed by atoms with Crippen LogP contribution >= 0.6 is 0 Å². The van der Waals surface area contributed by atoms with Crippen LogP contribution in [0.15, 0.2) is 30.3 Å². The number of unbranched alkanes of at least 4 members (excludes halogenated alkanes) is 1. The summed E-state index contributed by atoms with van der Waals surface area (Å²) in [6, 6.07) is 1.55. The normalized spacial score (nSPS) is 14.8. The molecular formula is C51H84N6O15. The SMILES string of the molecule is CC[C@H](C)[C@H](NC(=O)[C@@H](NC(=O)[C@H](CCC(=O)OC(C)(C)C)NC(=O)[C@H](CCCCNC(=O)OC(C)(C)C)NC(=O)OCc1ccccc1)[C@@H](C)OC(C)(C)C)C(=O)N[C@@H](CCC(=O)OC(C)(C)C)C(=O)O. The van der Waals surface area contributed by atoms with Gasteiger partial charge < -0.3 is 60.7 Å². The molecule has 0 bridgehead atoms. The van der Waals surface area contributed by atoms with E-state index in [0.717, 1.165) is 0 Å². The van der Waals surface area contributed by atoms with Crippen LogP contribution in [-0.4, -0.2) is 124 Å². The zero-order valence-corrected chi connectivity index (χ0v) is 45.2. The van der Waals surface area contributed by atoms with Crippen molar-refractivity contribution in [2.24, 2.45) is 5.92 Å². The summed E-state index contributed by atoms with van der Waals surface area (Å²) < 4.78 is 27.6. The number of carboxylic acids is 1. The Morgan fingerprint density at radius 2 is 1.01 bits per heavy atom. The molecule has 0 aliphatic carbocycles. The molecule has 0 unspecified atom stereocenters. The fourth-order valence-corrected chi connectivity index (χ4v) is 6.74. The van der Waals surface area contributed by atoms with Crippen LogP contribution in [0.4, 0.5) is 9.59 Å². The number of rotatable bonds is 27. The molecule has 1 rings (SSSR count). The molecule has 1 aromatic rings. The second-order valence-corrected chi connectivity index (χ2v) is 21.7. The van der Waals surface area contributed by atoms with Gasteiger partial charge in [-0.1, -0.05) is 50.6 Å². The molecule has 0 aliphatic rings. The zero-order chi connectivity index (χ0) is 55.2. The lowest BCUT2D eigenvalue weighted by Crippen LogP contribution is -2.62. The number of hydrogen-bond acceptors (Lipinski definition) is 14. The van der Waals surface area contributed by atoms with Gasteiger partial charge in [-0.2, -0.15) is 0 Å². The lowest BCUT2D eigenvalue weighted by Gasteiger charge is -2.33. The van der Waals surface area contributed by atoms with Gasteiger partial charge in [0.15, 0.2) is 0 Å². The van der Waals surface area contributed by atoms with Crippen molar-refractivity contribution in [2.45, 2.75) is 221 Å². The summed E-state index contributed by atoms with van der Waals surface area (Å²) in [4.78, 5) is 120. The Bertz CT molecular complexity index is 1950. The number of carboxylic acid groups (broad SMARTS) is 1. The van der Waals surface area contributed by atoms with Gasteiger partial charge >= 0.3 is 30.1 Å². The Kier molecular flexibility index (Phi) is 26.2. The van der Waals surface area contributed by atoms with E-state index in [1.54, 1.807) is 127 Å². The summed E-state index contributed by atoms with van der Waals surface area (Å²) in [6.07, 6.45) is -3.02. The van der Waals surface area contributed by atoms with E-state index >= 15 is 0 Å². The van der Waals surface area contributed by atoms with Crippen LogP contribution in [0.2, 0.25) is 0 Å². The van der Waals surface area contributed by atoms with Crippen molar-refractivity contribution >= 4 is 53.7 Å². The first-order valence-corrected chi connectivity index (χ1v) is 24.6. The highest BCUT2D eigenvalue weighted by atomic mass is 16.6. The van der Waals surface area contributed by atoms with Crippen molar-refractivity contribution in [3.63, 3.8) is 0 Å². The maximum absolute atomic E-state index is 14.5. The summed E-state index contributed by atoms with van der Waals surface area (Å²) in [6.45, 7) is 25.2. The average molecular weight is 1020 g/mol. The number of nitrogens with one attached hydrogen (secondary N) is 6. The molecule has 1 aromatic carbocycles. The molecule has 0 saturated carbocycles. The number of benzene rings is 1. The Morgan fingerprint density at radius 3 is 1.51 bits per heavy atom. The first-order valence-electron chi connectivity index (χ1n) is 24.6. The number of carbonyl (C=O) groups is 9. The molecule has 0 spiro atoms. The number of carbonyl (C=O) groups excluding carboxylic acids is 8. The highest BCUT2D eigenvalue weighted by Crippen LogP contribution is 2.18. The summed E-state index contributed by atoms with van der Waals surface area (Å²) >= 11 is 0.